The fraction of sp³-hybridized carbons (Fsp3) is 0. The molecule has 328 valence electrons. The zero-order chi connectivity index (χ0) is 46.9. The number of para-hydroxylation sites is 1. The van der Waals surface area contributed by atoms with E-state index in [4.69, 9.17) is 15.0 Å². The van der Waals surface area contributed by atoms with Crippen LogP contribution in [0.25, 0.3) is 83.9 Å². The van der Waals surface area contributed by atoms with Crippen molar-refractivity contribution in [2.75, 3.05) is 0 Å². The number of hydrogen-bond donors (Lipinski definition) is 0. The maximum absolute atomic E-state index is 9.55. The number of benzene rings is 10. The first-order valence-corrected chi connectivity index (χ1v) is 25.5. The zero-order valence-corrected chi connectivity index (χ0v) is 39.1. The molecule has 0 aliphatic carbocycles. The third-order valence-corrected chi connectivity index (χ3v) is 18.2. The summed E-state index contributed by atoms with van der Waals surface area (Å²) in [6.45, 7) is 0. The molecule has 5 nitrogen and oxygen atoms in total. The van der Waals surface area contributed by atoms with Gasteiger partial charge in [0.25, 0.3) is 0 Å². The van der Waals surface area contributed by atoms with E-state index in [9.17, 15) is 5.26 Å². The molecule has 6 heteroatoms. The minimum absolute atomic E-state index is 0.585. The molecule has 0 N–H and O–H groups in total. The van der Waals surface area contributed by atoms with Gasteiger partial charge < -0.3 is 4.57 Å². The predicted molar refractivity (Wildman–Crippen MR) is 290 cm³/mol. The van der Waals surface area contributed by atoms with Crippen LogP contribution in [0.4, 0.5) is 0 Å². The number of nitrogens with zero attached hydrogens (tertiary/aromatic N) is 5. The summed E-state index contributed by atoms with van der Waals surface area (Å²) in [6, 6.07) is 94.9. The Balaban J connectivity index is 1.13. The average Bonchev–Trinajstić information content (AvgIpc) is 3.78. The van der Waals surface area contributed by atoms with Crippen molar-refractivity contribution in [3.63, 3.8) is 0 Å². The highest BCUT2D eigenvalue weighted by Gasteiger charge is 2.41. The molecule has 2 aromatic heterocycles. The summed E-state index contributed by atoms with van der Waals surface area (Å²) in [6.07, 6.45) is 0. The SMILES string of the molecule is N#Cc1ccc(-c2ccc3c(c2)c2ccccc2n3-c2cc(-c3nc(-c4ccccc4)nc(-c4ccccc4)n3)ccc2-c2cccc([Si](c3ccccc3)(c3ccccc3)c3ccccc3)c2)cc1. The third-order valence-electron chi connectivity index (χ3n) is 13.4. The second-order valence-electron chi connectivity index (χ2n) is 17.5. The Kier molecular flexibility index (Phi) is 10.9. The molecule has 0 saturated heterocycles. The zero-order valence-electron chi connectivity index (χ0n) is 38.1. The summed E-state index contributed by atoms with van der Waals surface area (Å²) in [7, 11) is -2.87. The Bertz CT molecular complexity index is 3720. The lowest BCUT2D eigenvalue weighted by Crippen LogP contribution is -2.74. The van der Waals surface area contributed by atoms with Gasteiger partial charge in [-0.25, -0.2) is 15.0 Å². The van der Waals surface area contributed by atoms with Crippen LogP contribution in [0.2, 0.25) is 0 Å². The lowest BCUT2D eigenvalue weighted by Gasteiger charge is -2.34. The van der Waals surface area contributed by atoms with E-state index in [0.717, 1.165) is 66.4 Å². The van der Waals surface area contributed by atoms with E-state index in [1.54, 1.807) is 0 Å². The minimum Gasteiger partial charge on any atom is -0.309 e. The molecule has 10 aromatic carbocycles. The molecule has 2 heterocycles. The Hall–Kier alpha value is -9.28. The van der Waals surface area contributed by atoms with Gasteiger partial charge in [-0.05, 0) is 73.8 Å². The first-order chi connectivity index (χ1) is 34.7. The third kappa shape index (κ3) is 7.48. The molecule has 0 aliphatic rings. The van der Waals surface area contributed by atoms with Crippen LogP contribution in [0.5, 0.6) is 0 Å². The topological polar surface area (TPSA) is 67.4 Å². The first kappa shape index (κ1) is 42.1. The lowest BCUT2D eigenvalue weighted by molar-refractivity contribution is 1.07. The van der Waals surface area contributed by atoms with Crippen LogP contribution < -0.4 is 20.7 Å². The van der Waals surface area contributed by atoms with Gasteiger partial charge in [0.1, 0.15) is 0 Å². The van der Waals surface area contributed by atoms with Gasteiger partial charge in [-0.15, -0.1) is 0 Å². The number of fused-ring (bicyclic) bond motifs is 3. The van der Waals surface area contributed by atoms with Gasteiger partial charge in [0.05, 0.1) is 28.4 Å². The van der Waals surface area contributed by atoms with Crippen LogP contribution in [-0.4, -0.2) is 27.6 Å². The van der Waals surface area contributed by atoms with Gasteiger partial charge in [-0.1, -0.05) is 224 Å². The Morgan fingerprint density at radius 2 is 0.786 bits per heavy atom. The molecule has 70 heavy (non-hydrogen) atoms. The predicted octanol–water partition coefficient (Wildman–Crippen LogP) is 12.6. The summed E-state index contributed by atoms with van der Waals surface area (Å²) in [4.78, 5) is 15.4. The van der Waals surface area contributed by atoms with Crippen molar-refractivity contribution < 1.29 is 0 Å². The summed E-state index contributed by atoms with van der Waals surface area (Å²) < 4.78 is 2.41. The van der Waals surface area contributed by atoms with Gasteiger partial charge in [-0.3, -0.25) is 0 Å². The van der Waals surface area contributed by atoms with Crippen LogP contribution >= 0.6 is 0 Å². The molecule has 0 spiro atoms. The van der Waals surface area contributed by atoms with Crippen LogP contribution in [0.1, 0.15) is 5.56 Å². The van der Waals surface area contributed by atoms with Crippen molar-refractivity contribution in [2.24, 2.45) is 0 Å². The van der Waals surface area contributed by atoms with E-state index in [-0.39, 0.29) is 0 Å². The van der Waals surface area contributed by atoms with Crippen LogP contribution in [0.3, 0.4) is 0 Å². The van der Waals surface area contributed by atoms with Gasteiger partial charge in [0, 0.05) is 33.0 Å². The maximum Gasteiger partial charge on any atom is 0.179 e. The molecule has 0 saturated carbocycles. The standard InChI is InChI=1S/C64H43N5Si/c65-44-45-33-35-46(36-34-45)49-38-40-60-58(42-49)57-31-16-17-32-59(57)69(60)61-43-51(64-67-62(47-19-6-1-7-20-47)66-63(68-64)48-21-8-2-9-22-48)37-39-56(61)50-23-18-30-55(41-50)70(52-24-10-3-11-25-52,53-26-12-4-13-27-53)54-28-14-5-15-29-54/h1-43H. The molecule has 0 amide bonds. The van der Waals surface area contributed by atoms with E-state index in [2.05, 4.69) is 187 Å². The second-order valence-corrected chi connectivity index (χ2v) is 21.3. The minimum atomic E-state index is -2.87. The van der Waals surface area contributed by atoms with Crippen LogP contribution in [0, 0.1) is 11.3 Å². The van der Waals surface area contributed by atoms with Gasteiger partial charge in [-0.2, -0.15) is 5.26 Å². The van der Waals surface area contributed by atoms with Crippen molar-refractivity contribution in [3.05, 3.63) is 266 Å². The molecule has 12 aromatic rings. The summed E-state index contributed by atoms with van der Waals surface area (Å²) in [5, 5.41) is 17.1. The molecule has 0 radical (unpaired) electrons. The average molecular weight is 910 g/mol. The second kappa shape index (κ2) is 18.1. The monoisotopic (exact) mass is 909 g/mol. The van der Waals surface area contributed by atoms with E-state index in [1.165, 1.54) is 20.7 Å². The summed E-state index contributed by atoms with van der Waals surface area (Å²) >= 11 is 0. The summed E-state index contributed by atoms with van der Waals surface area (Å²) in [5.41, 5.74) is 10.8. The molecule has 0 unspecified atom stereocenters. The summed E-state index contributed by atoms with van der Waals surface area (Å²) in [5.74, 6) is 1.81. The van der Waals surface area contributed by atoms with E-state index >= 15 is 0 Å². The number of rotatable bonds is 10. The molecule has 12 rings (SSSR count). The highest BCUT2D eigenvalue weighted by atomic mass is 28.3. The van der Waals surface area contributed by atoms with Crippen molar-refractivity contribution >= 4 is 50.6 Å². The molecule has 0 atom stereocenters. The fourth-order valence-electron chi connectivity index (χ4n) is 10.2. The number of aromatic nitrogens is 4. The number of nitriles is 1. The Labute approximate surface area is 408 Å². The maximum atomic E-state index is 9.55. The van der Waals surface area contributed by atoms with Crippen molar-refractivity contribution in [3.8, 4) is 68.2 Å². The Morgan fingerprint density at radius 1 is 0.329 bits per heavy atom. The van der Waals surface area contributed by atoms with E-state index in [0.29, 0.717) is 23.0 Å². The largest absolute Gasteiger partial charge is 0.309 e. The fourth-order valence-corrected chi connectivity index (χ4v) is 15.0. The van der Waals surface area contributed by atoms with Crippen molar-refractivity contribution in [2.45, 2.75) is 0 Å². The smallest absolute Gasteiger partial charge is 0.179 e. The Morgan fingerprint density at radius 3 is 1.36 bits per heavy atom. The normalized spacial score (nSPS) is 11.4. The highest BCUT2D eigenvalue weighted by Crippen LogP contribution is 2.40. The van der Waals surface area contributed by atoms with Gasteiger partial charge >= 0.3 is 0 Å². The van der Waals surface area contributed by atoms with E-state index < -0.39 is 8.07 Å². The lowest BCUT2D eigenvalue weighted by atomic mass is 10.00. The molecule has 0 fully saturated rings. The highest BCUT2D eigenvalue weighted by molar-refractivity contribution is 7.19. The molecular formula is C64H43N5Si. The van der Waals surface area contributed by atoms with Crippen molar-refractivity contribution in [1.29, 1.82) is 5.26 Å². The van der Waals surface area contributed by atoms with Crippen LogP contribution in [0.15, 0.2) is 261 Å². The van der Waals surface area contributed by atoms with Gasteiger partial charge in [0.2, 0.25) is 0 Å². The van der Waals surface area contributed by atoms with E-state index in [1.807, 2.05) is 84.9 Å². The number of hydrogen-bond acceptors (Lipinski definition) is 4. The molecule has 0 aliphatic heterocycles. The molecule has 0 bridgehead atoms. The van der Waals surface area contributed by atoms with Crippen molar-refractivity contribution in [1.82, 2.24) is 19.5 Å². The molecular weight excluding hydrogens is 867 g/mol. The van der Waals surface area contributed by atoms with Crippen LogP contribution in [-0.2, 0) is 0 Å². The first-order valence-electron chi connectivity index (χ1n) is 23.5. The van der Waals surface area contributed by atoms with Gasteiger partial charge in [0.15, 0.2) is 25.5 Å². The quantitative estimate of drug-likeness (QED) is 0.101.